The first-order valence-corrected chi connectivity index (χ1v) is 7.99. The van der Waals surface area contributed by atoms with Crippen molar-refractivity contribution in [2.45, 2.75) is 33.2 Å². The highest BCUT2D eigenvalue weighted by atomic mass is 32.1. The van der Waals surface area contributed by atoms with Crippen LogP contribution in [0.15, 0.2) is 30.6 Å². The lowest BCUT2D eigenvalue weighted by Gasteiger charge is -2.25. The molecule has 0 spiro atoms. The lowest BCUT2D eigenvalue weighted by atomic mass is 9.88. The normalized spacial score (nSPS) is 12.9. The molecule has 2 aromatic rings. The summed E-state index contributed by atoms with van der Waals surface area (Å²) in [5.41, 5.74) is 0.785. The predicted octanol–water partition coefficient (Wildman–Crippen LogP) is 2.73. The molecule has 0 fully saturated rings. The number of aromatic nitrogens is 2. The molecule has 22 heavy (non-hydrogen) atoms. The van der Waals surface area contributed by atoms with Crippen molar-refractivity contribution in [2.24, 2.45) is 5.41 Å². The van der Waals surface area contributed by atoms with Crippen LogP contribution in [0.5, 0.6) is 0 Å². The fraction of sp³-hybridized carbons (Fsp3) is 0.438. The molecular formula is C16H21N3O2S. The Morgan fingerprint density at radius 1 is 1.36 bits per heavy atom. The minimum absolute atomic E-state index is 0.0352. The van der Waals surface area contributed by atoms with Gasteiger partial charge in [-0.05, 0) is 24.0 Å². The Labute approximate surface area is 134 Å². The summed E-state index contributed by atoms with van der Waals surface area (Å²) in [6.07, 6.45) is 3.96. The van der Waals surface area contributed by atoms with E-state index in [1.165, 1.54) is 11.3 Å². The van der Waals surface area contributed by atoms with Gasteiger partial charge in [-0.1, -0.05) is 26.8 Å². The molecule has 2 N–H and O–H groups in total. The van der Waals surface area contributed by atoms with E-state index in [1.54, 1.807) is 12.4 Å². The SMILES string of the molecule is CC(C)(C)CC(CO)NC(=O)c1cnc(-c2ccccn2)s1. The molecule has 0 aliphatic heterocycles. The zero-order chi connectivity index (χ0) is 16.2. The fourth-order valence-corrected chi connectivity index (χ4v) is 2.94. The van der Waals surface area contributed by atoms with Crippen LogP contribution in [0, 0.1) is 5.41 Å². The molecule has 118 valence electrons. The number of hydrogen-bond donors (Lipinski definition) is 2. The van der Waals surface area contributed by atoms with E-state index in [0.29, 0.717) is 16.3 Å². The molecule has 0 radical (unpaired) electrons. The van der Waals surface area contributed by atoms with Gasteiger partial charge < -0.3 is 10.4 Å². The van der Waals surface area contributed by atoms with Gasteiger partial charge in [-0.3, -0.25) is 9.78 Å². The van der Waals surface area contributed by atoms with Gasteiger partial charge >= 0.3 is 0 Å². The van der Waals surface area contributed by atoms with Crippen molar-refractivity contribution in [1.29, 1.82) is 0 Å². The molecule has 0 saturated heterocycles. The summed E-state index contributed by atoms with van der Waals surface area (Å²) in [6, 6.07) is 5.32. The van der Waals surface area contributed by atoms with Crippen LogP contribution < -0.4 is 5.32 Å². The number of nitrogens with zero attached hydrogens (tertiary/aromatic N) is 2. The van der Waals surface area contributed by atoms with Crippen LogP contribution in [0.3, 0.4) is 0 Å². The third-order valence-corrected chi connectivity index (χ3v) is 4.05. The lowest BCUT2D eigenvalue weighted by molar-refractivity contribution is 0.0901. The van der Waals surface area contributed by atoms with Crippen molar-refractivity contribution >= 4 is 17.2 Å². The summed E-state index contributed by atoms with van der Waals surface area (Å²) in [6.45, 7) is 6.16. The van der Waals surface area contributed by atoms with Gasteiger partial charge in [0.1, 0.15) is 9.88 Å². The summed E-state index contributed by atoms with van der Waals surface area (Å²) >= 11 is 1.30. The van der Waals surface area contributed by atoms with Gasteiger partial charge in [-0.25, -0.2) is 4.98 Å². The molecule has 2 heterocycles. The molecule has 0 saturated carbocycles. The van der Waals surface area contributed by atoms with E-state index in [1.807, 2.05) is 18.2 Å². The van der Waals surface area contributed by atoms with E-state index < -0.39 is 0 Å². The van der Waals surface area contributed by atoms with Crippen molar-refractivity contribution in [1.82, 2.24) is 15.3 Å². The minimum atomic E-state index is -0.257. The third-order valence-electron chi connectivity index (χ3n) is 3.03. The van der Waals surface area contributed by atoms with Crippen molar-refractivity contribution in [3.05, 3.63) is 35.5 Å². The maximum atomic E-state index is 12.3. The molecule has 1 unspecified atom stereocenters. The number of aliphatic hydroxyl groups excluding tert-OH is 1. The summed E-state index contributed by atoms with van der Waals surface area (Å²) in [4.78, 5) is 21.3. The standard InChI is InChI=1S/C16H21N3O2S/c1-16(2,3)8-11(10-20)19-14(21)13-9-18-15(22-13)12-6-4-5-7-17-12/h4-7,9,11,20H,8,10H2,1-3H3,(H,19,21). The van der Waals surface area contributed by atoms with E-state index >= 15 is 0 Å². The molecule has 0 aromatic carbocycles. The third kappa shape index (κ3) is 4.61. The maximum absolute atomic E-state index is 12.3. The van der Waals surface area contributed by atoms with Gasteiger partial charge in [0.15, 0.2) is 0 Å². The first-order valence-electron chi connectivity index (χ1n) is 7.18. The first-order chi connectivity index (χ1) is 10.4. The van der Waals surface area contributed by atoms with Crippen molar-refractivity contribution in [3.63, 3.8) is 0 Å². The highest BCUT2D eigenvalue weighted by Gasteiger charge is 2.21. The van der Waals surface area contributed by atoms with Crippen LogP contribution in [0.4, 0.5) is 0 Å². The van der Waals surface area contributed by atoms with Gasteiger partial charge in [0, 0.05) is 6.20 Å². The van der Waals surface area contributed by atoms with E-state index in [0.717, 1.165) is 5.69 Å². The van der Waals surface area contributed by atoms with Gasteiger partial charge in [0.05, 0.1) is 24.5 Å². The smallest absolute Gasteiger partial charge is 0.263 e. The Hall–Kier alpha value is -1.79. The predicted molar refractivity (Wildman–Crippen MR) is 87.8 cm³/mol. The molecule has 5 nitrogen and oxygen atoms in total. The van der Waals surface area contributed by atoms with Crippen LogP contribution in [-0.4, -0.2) is 33.6 Å². The van der Waals surface area contributed by atoms with Crippen molar-refractivity contribution < 1.29 is 9.90 Å². The van der Waals surface area contributed by atoms with E-state index in [2.05, 4.69) is 36.1 Å². The molecule has 0 bridgehead atoms. The first kappa shape index (κ1) is 16.6. The van der Waals surface area contributed by atoms with E-state index in [4.69, 9.17) is 0 Å². The quantitative estimate of drug-likeness (QED) is 0.888. The van der Waals surface area contributed by atoms with Crippen molar-refractivity contribution in [3.8, 4) is 10.7 Å². The number of aliphatic hydroxyl groups is 1. The average Bonchev–Trinajstić information content (AvgIpc) is 2.96. The molecule has 0 aliphatic rings. The summed E-state index contributed by atoms with van der Waals surface area (Å²) in [5, 5.41) is 13.0. The Morgan fingerprint density at radius 2 is 2.14 bits per heavy atom. The molecular weight excluding hydrogens is 298 g/mol. The Morgan fingerprint density at radius 3 is 2.73 bits per heavy atom. The largest absolute Gasteiger partial charge is 0.394 e. The second-order valence-corrected chi connectivity index (χ2v) is 7.39. The fourth-order valence-electron chi connectivity index (χ4n) is 2.14. The number of thiazole rings is 1. The number of amides is 1. The molecule has 2 rings (SSSR count). The zero-order valence-corrected chi connectivity index (χ0v) is 13.9. The summed E-state index contributed by atoms with van der Waals surface area (Å²) in [7, 11) is 0. The Kier molecular flexibility index (Phi) is 5.26. The number of carbonyl (C=O) groups excluding carboxylic acids is 1. The minimum Gasteiger partial charge on any atom is -0.394 e. The molecule has 1 amide bonds. The Bertz CT molecular complexity index is 620. The van der Waals surface area contributed by atoms with Crippen LogP contribution >= 0.6 is 11.3 Å². The molecule has 1 atom stereocenters. The van der Waals surface area contributed by atoms with Crippen molar-refractivity contribution in [2.75, 3.05) is 6.61 Å². The lowest BCUT2D eigenvalue weighted by Crippen LogP contribution is -2.39. The van der Waals surface area contributed by atoms with E-state index in [-0.39, 0.29) is 24.0 Å². The Balaban J connectivity index is 2.06. The second kappa shape index (κ2) is 6.98. The van der Waals surface area contributed by atoms with Crippen LogP contribution in [0.2, 0.25) is 0 Å². The highest BCUT2D eigenvalue weighted by molar-refractivity contribution is 7.16. The van der Waals surface area contributed by atoms with Gasteiger partial charge in [-0.15, -0.1) is 11.3 Å². The summed E-state index contributed by atoms with van der Waals surface area (Å²) in [5.74, 6) is -0.206. The molecule has 6 heteroatoms. The topological polar surface area (TPSA) is 75.1 Å². The maximum Gasteiger partial charge on any atom is 0.263 e. The van der Waals surface area contributed by atoms with E-state index in [9.17, 15) is 9.90 Å². The number of rotatable bonds is 5. The van der Waals surface area contributed by atoms with Gasteiger partial charge in [-0.2, -0.15) is 0 Å². The summed E-state index contributed by atoms with van der Waals surface area (Å²) < 4.78 is 0. The molecule has 2 aromatic heterocycles. The number of nitrogens with one attached hydrogen (secondary N) is 1. The van der Waals surface area contributed by atoms with Crippen LogP contribution in [0.25, 0.3) is 10.7 Å². The second-order valence-electron chi connectivity index (χ2n) is 6.36. The average molecular weight is 319 g/mol. The number of hydrogen-bond acceptors (Lipinski definition) is 5. The van der Waals surface area contributed by atoms with Crippen LogP contribution in [-0.2, 0) is 0 Å². The van der Waals surface area contributed by atoms with Crippen LogP contribution in [0.1, 0.15) is 36.9 Å². The highest BCUT2D eigenvalue weighted by Crippen LogP contribution is 2.24. The van der Waals surface area contributed by atoms with Gasteiger partial charge in [0.25, 0.3) is 5.91 Å². The zero-order valence-electron chi connectivity index (χ0n) is 13.0. The van der Waals surface area contributed by atoms with Gasteiger partial charge in [0.2, 0.25) is 0 Å². The molecule has 0 aliphatic carbocycles. The number of carbonyl (C=O) groups is 1. The number of pyridine rings is 1. The monoisotopic (exact) mass is 319 g/mol.